The molecule has 0 aliphatic carbocycles. The maximum atomic E-state index is 11.7. The summed E-state index contributed by atoms with van der Waals surface area (Å²) in [6, 6.07) is 0.0688. The Morgan fingerprint density at radius 3 is 3.25 bits per heavy atom. The largest absolute Gasteiger partial charge is 0.355 e. The molecule has 1 aliphatic rings. The number of carbonyl (C=O) groups is 1. The van der Waals surface area contributed by atoms with Crippen LogP contribution in [0.25, 0.3) is 0 Å². The molecule has 1 aromatic heterocycles. The molecule has 0 spiro atoms. The smallest absolute Gasteiger partial charge is 0.237 e. The lowest BCUT2D eigenvalue weighted by Crippen LogP contribution is -2.43. The minimum absolute atomic E-state index is 0.0702. The summed E-state index contributed by atoms with van der Waals surface area (Å²) in [5.41, 5.74) is 2.84. The Balaban J connectivity index is 1.94. The van der Waals surface area contributed by atoms with Gasteiger partial charge in [-0.3, -0.25) is 10.1 Å². The molecule has 2 N–H and O–H groups in total. The van der Waals surface area contributed by atoms with E-state index in [1.54, 1.807) is 11.3 Å². The van der Waals surface area contributed by atoms with E-state index < -0.39 is 0 Å². The van der Waals surface area contributed by atoms with Crippen LogP contribution >= 0.6 is 11.3 Å². The Bertz CT molecular complexity index is 339. The monoisotopic (exact) mass is 239 g/mol. The Morgan fingerprint density at radius 1 is 1.62 bits per heavy atom. The molecule has 88 valence electrons. The first kappa shape index (κ1) is 11.5. The molecule has 16 heavy (non-hydrogen) atoms. The van der Waals surface area contributed by atoms with E-state index >= 15 is 0 Å². The van der Waals surface area contributed by atoms with Gasteiger partial charge in [-0.15, -0.1) is 11.3 Å². The molecule has 2 unspecified atom stereocenters. The summed E-state index contributed by atoms with van der Waals surface area (Å²) >= 11 is 1.58. The topological polar surface area (TPSA) is 54.0 Å². The Labute approximate surface area is 99.5 Å². The number of carbonyl (C=O) groups excluding carboxylic acids is 1. The Hall–Kier alpha value is -0.940. The summed E-state index contributed by atoms with van der Waals surface area (Å²) < 4.78 is 0. The number of rotatable bonds is 3. The lowest BCUT2D eigenvalue weighted by atomic mass is 10.1. The van der Waals surface area contributed by atoms with Crippen molar-refractivity contribution in [3.05, 3.63) is 16.6 Å². The van der Waals surface area contributed by atoms with Gasteiger partial charge in [-0.2, -0.15) is 0 Å². The summed E-state index contributed by atoms with van der Waals surface area (Å²) in [6.07, 6.45) is 3.09. The predicted molar refractivity (Wildman–Crippen MR) is 64.3 cm³/mol. The zero-order valence-corrected chi connectivity index (χ0v) is 10.2. The van der Waals surface area contributed by atoms with E-state index in [0.29, 0.717) is 0 Å². The molecule has 0 bridgehead atoms. The number of hydrogen-bond donors (Lipinski definition) is 2. The lowest BCUT2D eigenvalue weighted by Gasteiger charge is -2.19. The van der Waals surface area contributed by atoms with Crippen molar-refractivity contribution in [1.82, 2.24) is 15.6 Å². The first-order valence-corrected chi connectivity index (χ1v) is 6.63. The quantitative estimate of drug-likeness (QED) is 0.839. The highest BCUT2D eigenvalue weighted by Crippen LogP contribution is 2.15. The lowest BCUT2D eigenvalue weighted by molar-refractivity contribution is -0.123. The summed E-state index contributed by atoms with van der Waals surface area (Å²) in [4.78, 5) is 16.0. The number of amides is 1. The van der Waals surface area contributed by atoms with E-state index in [0.717, 1.165) is 31.5 Å². The minimum atomic E-state index is -0.0702. The van der Waals surface area contributed by atoms with Crippen molar-refractivity contribution in [1.29, 1.82) is 0 Å². The second-order valence-corrected chi connectivity index (χ2v) is 4.86. The molecule has 0 radical (unpaired) electrons. The Kier molecular flexibility index (Phi) is 3.90. The van der Waals surface area contributed by atoms with Crippen molar-refractivity contribution in [2.24, 2.45) is 0 Å². The number of aromatic nitrogens is 1. The van der Waals surface area contributed by atoms with Crippen LogP contribution in [0.4, 0.5) is 0 Å². The van der Waals surface area contributed by atoms with Gasteiger partial charge in [0.05, 0.1) is 17.2 Å². The molecule has 1 fully saturated rings. The van der Waals surface area contributed by atoms with Gasteiger partial charge < -0.3 is 5.32 Å². The van der Waals surface area contributed by atoms with Crippen LogP contribution in [0.2, 0.25) is 0 Å². The van der Waals surface area contributed by atoms with E-state index in [1.807, 2.05) is 17.8 Å². The van der Waals surface area contributed by atoms with Gasteiger partial charge >= 0.3 is 0 Å². The van der Waals surface area contributed by atoms with Gasteiger partial charge in [0.1, 0.15) is 0 Å². The van der Waals surface area contributed by atoms with Crippen molar-refractivity contribution < 1.29 is 4.79 Å². The van der Waals surface area contributed by atoms with Crippen LogP contribution in [0.1, 0.15) is 37.9 Å². The van der Waals surface area contributed by atoms with Gasteiger partial charge in [0, 0.05) is 18.0 Å². The molecule has 4 nitrogen and oxygen atoms in total. The predicted octanol–water partition coefficient (Wildman–Crippen LogP) is 1.46. The van der Waals surface area contributed by atoms with Gasteiger partial charge in [0.25, 0.3) is 0 Å². The summed E-state index contributed by atoms with van der Waals surface area (Å²) in [5.74, 6) is 0.125. The molecule has 1 amide bonds. The van der Waals surface area contributed by atoms with Crippen LogP contribution < -0.4 is 10.6 Å². The van der Waals surface area contributed by atoms with Crippen LogP contribution in [0.15, 0.2) is 10.9 Å². The maximum absolute atomic E-state index is 11.7. The van der Waals surface area contributed by atoms with Crippen molar-refractivity contribution >= 4 is 17.2 Å². The first-order chi connectivity index (χ1) is 7.77. The third-order valence-electron chi connectivity index (χ3n) is 2.88. The highest BCUT2D eigenvalue weighted by atomic mass is 32.1. The SMILES string of the molecule is CC(NC1CCCCNC1=O)c1cscn1. The van der Waals surface area contributed by atoms with Crippen LogP contribution in [-0.2, 0) is 4.79 Å². The molecular weight excluding hydrogens is 222 g/mol. The highest BCUT2D eigenvalue weighted by molar-refractivity contribution is 7.07. The molecule has 1 saturated heterocycles. The number of hydrogen-bond acceptors (Lipinski definition) is 4. The molecule has 2 atom stereocenters. The van der Waals surface area contributed by atoms with Crippen molar-refractivity contribution in [3.8, 4) is 0 Å². The average Bonchev–Trinajstić information content (AvgIpc) is 2.73. The normalized spacial score (nSPS) is 23.6. The molecule has 2 rings (SSSR count). The molecule has 0 saturated carbocycles. The van der Waals surface area contributed by atoms with Crippen molar-refractivity contribution in [2.45, 2.75) is 38.3 Å². The van der Waals surface area contributed by atoms with Gasteiger partial charge in [-0.25, -0.2) is 4.98 Å². The van der Waals surface area contributed by atoms with Crippen LogP contribution in [0, 0.1) is 0 Å². The molecular formula is C11H17N3OS. The molecule has 0 aromatic carbocycles. The molecule has 2 heterocycles. The summed E-state index contributed by atoms with van der Waals surface area (Å²) in [6.45, 7) is 2.86. The van der Waals surface area contributed by atoms with Gasteiger partial charge in [-0.1, -0.05) is 0 Å². The molecule has 5 heteroatoms. The molecule has 1 aromatic rings. The highest BCUT2D eigenvalue weighted by Gasteiger charge is 2.22. The van der Waals surface area contributed by atoms with Gasteiger partial charge in [0.15, 0.2) is 0 Å². The van der Waals surface area contributed by atoms with E-state index in [1.165, 1.54) is 0 Å². The third-order valence-corrected chi connectivity index (χ3v) is 3.49. The van der Waals surface area contributed by atoms with Gasteiger partial charge in [-0.05, 0) is 26.2 Å². The van der Waals surface area contributed by atoms with Crippen LogP contribution in [0.3, 0.4) is 0 Å². The third kappa shape index (κ3) is 2.80. The van der Waals surface area contributed by atoms with Crippen molar-refractivity contribution in [2.75, 3.05) is 6.54 Å². The average molecular weight is 239 g/mol. The number of nitrogens with one attached hydrogen (secondary N) is 2. The fourth-order valence-electron chi connectivity index (χ4n) is 1.92. The fourth-order valence-corrected chi connectivity index (χ4v) is 2.57. The maximum Gasteiger partial charge on any atom is 0.237 e. The van der Waals surface area contributed by atoms with E-state index in [9.17, 15) is 4.79 Å². The zero-order chi connectivity index (χ0) is 11.4. The second-order valence-electron chi connectivity index (χ2n) is 4.14. The second kappa shape index (κ2) is 5.41. The fraction of sp³-hybridized carbons (Fsp3) is 0.636. The van der Waals surface area contributed by atoms with Gasteiger partial charge in [0.2, 0.25) is 5.91 Å². The molecule has 1 aliphatic heterocycles. The summed E-state index contributed by atoms with van der Waals surface area (Å²) in [5, 5.41) is 8.29. The van der Waals surface area contributed by atoms with E-state index in [-0.39, 0.29) is 18.0 Å². The number of thiazole rings is 1. The van der Waals surface area contributed by atoms with Crippen LogP contribution in [-0.4, -0.2) is 23.5 Å². The summed E-state index contributed by atoms with van der Waals surface area (Å²) in [7, 11) is 0. The Morgan fingerprint density at radius 2 is 2.50 bits per heavy atom. The van der Waals surface area contributed by atoms with Crippen LogP contribution in [0.5, 0.6) is 0 Å². The zero-order valence-electron chi connectivity index (χ0n) is 9.40. The minimum Gasteiger partial charge on any atom is -0.355 e. The standard InChI is InChI=1S/C11H17N3OS/c1-8(10-6-16-7-13-10)14-9-4-2-3-5-12-11(9)15/h6-9,14H,2-5H2,1H3,(H,12,15). The first-order valence-electron chi connectivity index (χ1n) is 5.69. The van der Waals surface area contributed by atoms with Crippen molar-refractivity contribution in [3.63, 3.8) is 0 Å². The number of nitrogens with zero attached hydrogens (tertiary/aromatic N) is 1. The van der Waals surface area contributed by atoms with E-state index in [2.05, 4.69) is 15.6 Å². The van der Waals surface area contributed by atoms with E-state index in [4.69, 9.17) is 0 Å².